The number of thioether (sulfide) groups is 1. The highest BCUT2D eigenvalue weighted by molar-refractivity contribution is 7.99. The normalized spacial score (nSPS) is 11.6. The largest absolute Gasteiger partial charge is 0.341 e. The summed E-state index contributed by atoms with van der Waals surface area (Å²) in [6, 6.07) is 22.9. The predicted octanol–water partition coefficient (Wildman–Crippen LogP) is 5.64. The number of benzene rings is 3. The van der Waals surface area contributed by atoms with E-state index in [1.165, 1.54) is 39.1 Å². The van der Waals surface area contributed by atoms with Gasteiger partial charge in [0.25, 0.3) is 5.91 Å². The SMILES string of the molecule is CCn1c(SCC(=O)N/N=C/c2ccc3c(c2)c2ccccc2n3CC)nnc1-c1ccc(C)cc1. The van der Waals surface area contributed by atoms with Gasteiger partial charge in [0.1, 0.15) is 0 Å². The third-order valence-corrected chi connectivity index (χ3v) is 7.16. The molecule has 182 valence electrons. The molecule has 2 aromatic heterocycles. The monoisotopic (exact) mass is 496 g/mol. The highest BCUT2D eigenvalue weighted by Crippen LogP contribution is 2.29. The van der Waals surface area contributed by atoms with E-state index in [0.29, 0.717) is 5.16 Å². The molecule has 0 unspecified atom stereocenters. The highest BCUT2D eigenvalue weighted by Gasteiger charge is 2.14. The van der Waals surface area contributed by atoms with Crippen molar-refractivity contribution >= 4 is 45.7 Å². The predicted molar refractivity (Wildman–Crippen MR) is 147 cm³/mol. The molecular formula is C28H28N6OS. The number of aryl methyl sites for hydroxylation is 2. The summed E-state index contributed by atoms with van der Waals surface area (Å²) in [6.45, 7) is 7.88. The first-order valence-electron chi connectivity index (χ1n) is 12.0. The zero-order chi connectivity index (χ0) is 25.1. The van der Waals surface area contributed by atoms with Gasteiger partial charge in [-0.05, 0) is 44.5 Å². The Kier molecular flexibility index (Phi) is 6.86. The standard InChI is InChI=1S/C28H28N6OS/c1-4-33-24-9-7-6-8-22(24)23-16-20(12-15-25(23)33)17-29-30-26(35)18-36-28-32-31-27(34(28)5-2)21-13-10-19(3)11-14-21/h6-17H,4-5,18H2,1-3H3,(H,30,35)/b29-17+. The van der Waals surface area contributed by atoms with E-state index in [1.807, 2.05) is 29.7 Å². The molecule has 2 heterocycles. The minimum absolute atomic E-state index is 0.192. The number of rotatable bonds is 8. The Hall–Kier alpha value is -3.91. The Labute approximate surface area is 214 Å². The maximum atomic E-state index is 12.4. The summed E-state index contributed by atoms with van der Waals surface area (Å²) in [6.07, 6.45) is 1.68. The van der Waals surface area contributed by atoms with Gasteiger partial charge in [-0.2, -0.15) is 5.10 Å². The number of hydrogen-bond donors (Lipinski definition) is 1. The molecule has 0 saturated heterocycles. The summed E-state index contributed by atoms with van der Waals surface area (Å²) in [5.41, 5.74) is 8.19. The van der Waals surface area contributed by atoms with Crippen molar-refractivity contribution in [3.05, 3.63) is 77.9 Å². The molecule has 5 rings (SSSR count). The van der Waals surface area contributed by atoms with Gasteiger partial charge in [0, 0.05) is 40.5 Å². The van der Waals surface area contributed by atoms with E-state index in [2.05, 4.69) is 87.7 Å². The smallest absolute Gasteiger partial charge is 0.250 e. The average Bonchev–Trinajstić information content (AvgIpc) is 3.46. The van der Waals surface area contributed by atoms with E-state index >= 15 is 0 Å². The van der Waals surface area contributed by atoms with Crippen molar-refractivity contribution in [2.24, 2.45) is 5.10 Å². The molecule has 0 spiro atoms. The molecule has 0 fully saturated rings. The van der Waals surface area contributed by atoms with Gasteiger partial charge in [0.2, 0.25) is 0 Å². The molecule has 1 N–H and O–H groups in total. The van der Waals surface area contributed by atoms with Crippen LogP contribution in [0.4, 0.5) is 0 Å². The van der Waals surface area contributed by atoms with E-state index in [1.54, 1.807) is 6.21 Å². The molecule has 0 aliphatic carbocycles. The number of carbonyl (C=O) groups excluding carboxylic acids is 1. The quantitative estimate of drug-likeness (QED) is 0.171. The van der Waals surface area contributed by atoms with Crippen molar-refractivity contribution in [1.29, 1.82) is 0 Å². The lowest BCUT2D eigenvalue weighted by molar-refractivity contribution is -0.118. The number of hydrazone groups is 1. The van der Waals surface area contributed by atoms with Crippen LogP contribution in [0.5, 0.6) is 0 Å². The van der Waals surface area contributed by atoms with Crippen LogP contribution < -0.4 is 5.43 Å². The molecule has 0 radical (unpaired) electrons. The lowest BCUT2D eigenvalue weighted by Crippen LogP contribution is -2.20. The van der Waals surface area contributed by atoms with Crippen LogP contribution in [0.2, 0.25) is 0 Å². The summed E-state index contributed by atoms with van der Waals surface area (Å²) in [4.78, 5) is 12.4. The molecule has 8 heteroatoms. The van der Waals surface area contributed by atoms with Crippen LogP contribution in [0.1, 0.15) is 25.0 Å². The number of aromatic nitrogens is 4. The van der Waals surface area contributed by atoms with E-state index in [0.717, 1.165) is 30.0 Å². The molecule has 0 atom stereocenters. The molecule has 0 bridgehead atoms. The third-order valence-electron chi connectivity index (χ3n) is 6.19. The summed E-state index contributed by atoms with van der Waals surface area (Å²) in [5.74, 6) is 0.813. The lowest BCUT2D eigenvalue weighted by Gasteiger charge is -2.07. The number of amides is 1. The van der Waals surface area contributed by atoms with E-state index in [9.17, 15) is 4.79 Å². The fourth-order valence-electron chi connectivity index (χ4n) is 4.43. The molecular weight excluding hydrogens is 468 g/mol. The first-order valence-corrected chi connectivity index (χ1v) is 13.0. The van der Waals surface area contributed by atoms with Crippen LogP contribution in [0.15, 0.2) is 77.0 Å². The van der Waals surface area contributed by atoms with Gasteiger partial charge in [0.05, 0.1) is 12.0 Å². The number of fused-ring (bicyclic) bond motifs is 3. The number of para-hydroxylation sites is 1. The Bertz CT molecular complexity index is 1560. The maximum Gasteiger partial charge on any atom is 0.250 e. The topological polar surface area (TPSA) is 77.1 Å². The molecule has 3 aromatic carbocycles. The van der Waals surface area contributed by atoms with Gasteiger partial charge < -0.3 is 9.13 Å². The van der Waals surface area contributed by atoms with Crippen LogP contribution in [0.3, 0.4) is 0 Å². The Morgan fingerprint density at radius 3 is 2.47 bits per heavy atom. The zero-order valence-electron chi connectivity index (χ0n) is 20.6. The number of carbonyl (C=O) groups is 1. The first kappa shape index (κ1) is 23.8. The maximum absolute atomic E-state index is 12.4. The van der Waals surface area contributed by atoms with Gasteiger partial charge in [0.15, 0.2) is 11.0 Å². The summed E-state index contributed by atoms with van der Waals surface area (Å²) in [5, 5.41) is 16.0. The molecule has 7 nitrogen and oxygen atoms in total. The molecule has 1 amide bonds. The molecule has 0 saturated carbocycles. The molecule has 36 heavy (non-hydrogen) atoms. The second kappa shape index (κ2) is 10.4. The second-order valence-corrected chi connectivity index (χ2v) is 9.48. The van der Waals surface area contributed by atoms with Crippen LogP contribution >= 0.6 is 11.8 Å². The lowest BCUT2D eigenvalue weighted by atomic mass is 10.1. The van der Waals surface area contributed by atoms with E-state index < -0.39 is 0 Å². The zero-order valence-corrected chi connectivity index (χ0v) is 21.4. The summed E-state index contributed by atoms with van der Waals surface area (Å²) in [7, 11) is 0. The van der Waals surface area contributed by atoms with Crippen LogP contribution in [0.25, 0.3) is 33.2 Å². The van der Waals surface area contributed by atoms with Gasteiger partial charge in [-0.25, -0.2) is 5.43 Å². The molecule has 5 aromatic rings. The minimum Gasteiger partial charge on any atom is -0.341 e. The van der Waals surface area contributed by atoms with E-state index in [-0.39, 0.29) is 11.7 Å². The third kappa shape index (κ3) is 4.64. The van der Waals surface area contributed by atoms with Crippen LogP contribution in [0, 0.1) is 6.92 Å². The fourth-order valence-corrected chi connectivity index (χ4v) is 5.22. The van der Waals surface area contributed by atoms with Gasteiger partial charge in [-0.1, -0.05) is 65.9 Å². The van der Waals surface area contributed by atoms with Crippen molar-refractivity contribution in [1.82, 2.24) is 24.8 Å². The Balaban J connectivity index is 1.24. The average molecular weight is 497 g/mol. The number of nitrogens with zero attached hydrogens (tertiary/aromatic N) is 5. The summed E-state index contributed by atoms with van der Waals surface area (Å²) >= 11 is 1.35. The van der Waals surface area contributed by atoms with Gasteiger partial charge in [-0.3, -0.25) is 4.79 Å². The second-order valence-electron chi connectivity index (χ2n) is 8.54. The molecule has 0 aliphatic rings. The van der Waals surface area contributed by atoms with Crippen LogP contribution in [-0.4, -0.2) is 37.2 Å². The fraction of sp³-hybridized carbons (Fsp3) is 0.214. The van der Waals surface area contributed by atoms with Gasteiger partial charge >= 0.3 is 0 Å². The van der Waals surface area contributed by atoms with Crippen molar-refractivity contribution in [2.75, 3.05) is 5.75 Å². The van der Waals surface area contributed by atoms with Crippen molar-refractivity contribution in [2.45, 2.75) is 39.0 Å². The van der Waals surface area contributed by atoms with Crippen LogP contribution in [-0.2, 0) is 17.9 Å². The van der Waals surface area contributed by atoms with E-state index in [4.69, 9.17) is 0 Å². The highest BCUT2D eigenvalue weighted by atomic mass is 32.2. The first-order chi connectivity index (χ1) is 17.6. The van der Waals surface area contributed by atoms with Crippen molar-refractivity contribution < 1.29 is 4.79 Å². The Morgan fingerprint density at radius 1 is 0.944 bits per heavy atom. The summed E-state index contributed by atoms with van der Waals surface area (Å²) < 4.78 is 4.33. The number of hydrogen-bond acceptors (Lipinski definition) is 5. The van der Waals surface area contributed by atoms with Crippen molar-refractivity contribution in [3.63, 3.8) is 0 Å². The Morgan fingerprint density at radius 2 is 1.69 bits per heavy atom. The van der Waals surface area contributed by atoms with Crippen molar-refractivity contribution in [3.8, 4) is 11.4 Å². The minimum atomic E-state index is -0.192. The molecule has 0 aliphatic heterocycles. The number of nitrogens with one attached hydrogen (secondary N) is 1. The van der Waals surface area contributed by atoms with Gasteiger partial charge in [-0.15, -0.1) is 10.2 Å².